The molecule has 2 aromatic rings. The predicted molar refractivity (Wildman–Crippen MR) is 105 cm³/mol. The van der Waals surface area contributed by atoms with Gasteiger partial charge in [-0.05, 0) is 12.1 Å². The van der Waals surface area contributed by atoms with Gasteiger partial charge >= 0.3 is 5.97 Å². The summed E-state index contributed by atoms with van der Waals surface area (Å²) in [5.41, 5.74) is -0.658. The highest BCUT2D eigenvalue weighted by molar-refractivity contribution is 7.89. The van der Waals surface area contributed by atoms with Crippen molar-refractivity contribution in [3.63, 3.8) is 0 Å². The van der Waals surface area contributed by atoms with E-state index in [0.717, 1.165) is 23.5 Å². The molecule has 1 aromatic carbocycles. The van der Waals surface area contributed by atoms with E-state index >= 15 is 0 Å². The second kappa shape index (κ2) is 10.8. The van der Waals surface area contributed by atoms with Gasteiger partial charge in [-0.1, -0.05) is 12.1 Å². The summed E-state index contributed by atoms with van der Waals surface area (Å²) in [6.45, 7) is -0.724. The number of para-hydroxylation sites is 1. The lowest BCUT2D eigenvalue weighted by Crippen LogP contribution is -2.36. The molecule has 0 spiro atoms. The fourth-order valence-corrected chi connectivity index (χ4v) is 4.14. The first-order valence-corrected chi connectivity index (χ1v) is 10.4. The molecule has 168 valence electrons. The van der Waals surface area contributed by atoms with Crippen LogP contribution < -0.4 is 4.74 Å². The number of carbonyl (C=O) groups is 1. The Morgan fingerprint density at radius 2 is 1.97 bits per heavy atom. The molecule has 13 heteroatoms. The molecule has 0 saturated heterocycles. The summed E-state index contributed by atoms with van der Waals surface area (Å²) in [5, 5.41) is 29.6. The molecule has 0 aliphatic rings. The zero-order valence-electron chi connectivity index (χ0n) is 16.4. The molecule has 0 radical (unpaired) electrons. The molecule has 1 heterocycles. The van der Waals surface area contributed by atoms with Gasteiger partial charge in [0.05, 0.1) is 24.1 Å². The van der Waals surface area contributed by atoms with Crippen LogP contribution in [0.4, 0.5) is 5.69 Å². The van der Waals surface area contributed by atoms with Crippen LogP contribution in [0.2, 0.25) is 0 Å². The SMILES string of the molecule is COC(=O)CCN(CCOc1ccnc(C(O)O)c1)S(=O)(=O)c1ccccc1[N+](=O)[O-]. The van der Waals surface area contributed by atoms with E-state index in [1.54, 1.807) is 0 Å². The number of sulfonamides is 1. The number of carbonyl (C=O) groups excluding carboxylic acids is 1. The molecule has 0 atom stereocenters. The van der Waals surface area contributed by atoms with Crippen LogP contribution in [-0.2, 0) is 19.6 Å². The Hall–Kier alpha value is -3.13. The number of aromatic nitrogens is 1. The average molecular weight is 455 g/mol. The van der Waals surface area contributed by atoms with Gasteiger partial charge in [0.1, 0.15) is 12.4 Å². The number of hydrogen-bond acceptors (Lipinski definition) is 10. The first kappa shape index (κ1) is 24.1. The molecule has 2 N–H and O–H groups in total. The van der Waals surface area contributed by atoms with Crippen LogP contribution in [0.5, 0.6) is 5.75 Å². The highest BCUT2D eigenvalue weighted by atomic mass is 32.2. The van der Waals surface area contributed by atoms with Crippen molar-refractivity contribution in [3.05, 3.63) is 58.4 Å². The van der Waals surface area contributed by atoms with E-state index in [4.69, 9.17) is 14.9 Å². The maximum absolute atomic E-state index is 13.1. The van der Waals surface area contributed by atoms with E-state index in [-0.39, 0.29) is 37.6 Å². The molecule has 0 aliphatic heterocycles. The van der Waals surface area contributed by atoms with E-state index < -0.39 is 37.8 Å². The zero-order chi connectivity index (χ0) is 23.0. The zero-order valence-corrected chi connectivity index (χ0v) is 17.3. The molecule has 0 bridgehead atoms. The highest BCUT2D eigenvalue weighted by Gasteiger charge is 2.31. The van der Waals surface area contributed by atoms with Gasteiger partial charge in [-0.3, -0.25) is 19.9 Å². The van der Waals surface area contributed by atoms with Crippen molar-refractivity contribution in [2.45, 2.75) is 17.6 Å². The molecule has 31 heavy (non-hydrogen) atoms. The van der Waals surface area contributed by atoms with E-state index in [1.807, 2.05) is 0 Å². The normalized spacial score (nSPS) is 11.5. The van der Waals surface area contributed by atoms with E-state index in [0.29, 0.717) is 0 Å². The lowest BCUT2D eigenvalue weighted by Gasteiger charge is -2.22. The van der Waals surface area contributed by atoms with Crippen molar-refractivity contribution in [2.24, 2.45) is 0 Å². The summed E-state index contributed by atoms with van der Waals surface area (Å²) in [6.07, 6.45) is -0.797. The number of benzene rings is 1. The molecule has 1 aromatic heterocycles. The van der Waals surface area contributed by atoms with Gasteiger partial charge in [-0.2, -0.15) is 4.31 Å². The largest absolute Gasteiger partial charge is 0.492 e. The first-order chi connectivity index (χ1) is 14.7. The fourth-order valence-electron chi connectivity index (χ4n) is 2.56. The number of hydrogen-bond donors (Lipinski definition) is 2. The van der Waals surface area contributed by atoms with Crippen molar-refractivity contribution in [3.8, 4) is 5.75 Å². The van der Waals surface area contributed by atoms with Crippen molar-refractivity contribution >= 4 is 21.7 Å². The number of rotatable bonds is 11. The molecule has 0 saturated carbocycles. The van der Waals surface area contributed by atoms with Gasteiger partial charge in [0.15, 0.2) is 11.2 Å². The molecule has 2 rings (SSSR count). The number of ether oxygens (including phenoxy) is 2. The Labute approximate surface area is 177 Å². The maximum Gasteiger partial charge on any atom is 0.306 e. The Kier molecular flexibility index (Phi) is 8.38. The number of nitro groups is 1. The van der Waals surface area contributed by atoms with Crippen LogP contribution in [-0.4, -0.2) is 65.6 Å². The van der Waals surface area contributed by atoms with Gasteiger partial charge in [-0.15, -0.1) is 0 Å². The number of methoxy groups -OCH3 is 1. The third-order valence-corrected chi connectivity index (χ3v) is 6.05. The van der Waals surface area contributed by atoms with Crippen molar-refractivity contribution in [2.75, 3.05) is 26.8 Å². The summed E-state index contributed by atoms with van der Waals surface area (Å²) in [7, 11) is -3.19. The summed E-state index contributed by atoms with van der Waals surface area (Å²) in [5.74, 6) is -0.450. The topological polar surface area (TPSA) is 169 Å². The minimum Gasteiger partial charge on any atom is -0.492 e. The van der Waals surface area contributed by atoms with Crippen LogP contribution in [0.25, 0.3) is 0 Å². The quantitative estimate of drug-likeness (QED) is 0.212. The summed E-state index contributed by atoms with van der Waals surface area (Å²) >= 11 is 0. The minimum atomic E-state index is -4.35. The van der Waals surface area contributed by atoms with Gasteiger partial charge in [-0.25, -0.2) is 8.42 Å². The van der Waals surface area contributed by atoms with E-state index in [1.165, 1.54) is 30.5 Å². The van der Waals surface area contributed by atoms with Gasteiger partial charge in [0.25, 0.3) is 5.69 Å². The van der Waals surface area contributed by atoms with Crippen molar-refractivity contribution < 1.29 is 37.8 Å². The molecule has 0 fully saturated rings. The monoisotopic (exact) mass is 455 g/mol. The minimum absolute atomic E-state index is 0.0624. The average Bonchev–Trinajstić information content (AvgIpc) is 2.75. The van der Waals surface area contributed by atoms with Gasteiger partial charge in [0, 0.05) is 31.4 Å². The van der Waals surface area contributed by atoms with Gasteiger partial charge < -0.3 is 19.7 Å². The van der Waals surface area contributed by atoms with Gasteiger partial charge in [0.2, 0.25) is 10.0 Å². The molecular weight excluding hydrogens is 434 g/mol. The maximum atomic E-state index is 13.1. The summed E-state index contributed by atoms with van der Waals surface area (Å²) in [4.78, 5) is 25.2. The predicted octanol–water partition coefficient (Wildman–Crippen LogP) is 0.606. The van der Waals surface area contributed by atoms with Crippen LogP contribution in [0.15, 0.2) is 47.5 Å². The van der Waals surface area contributed by atoms with Crippen LogP contribution in [0, 0.1) is 10.1 Å². The second-order valence-corrected chi connectivity index (χ2v) is 8.00. The molecule has 0 amide bonds. The molecule has 0 aliphatic carbocycles. The standard InChI is InChI=1S/C18H21N3O9S/c1-29-17(22)7-9-20(10-11-30-13-6-8-19-14(12-13)18(23)24)31(27,28)16-5-3-2-4-15(16)21(25)26/h2-6,8,12,18,23-24H,7,9-11H2,1H3. The third-order valence-electron chi connectivity index (χ3n) is 4.10. The fraction of sp³-hybridized carbons (Fsp3) is 0.333. The van der Waals surface area contributed by atoms with Crippen molar-refractivity contribution in [1.29, 1.82) is 0 Å². The summed E-state index contributed by atoms with van der Waals surface area (Å²) in [6, 6.07) is 7.57. The third kappa shape index (κ3) is 6.42. The number of nitro benzene ring substituents is 1. The molecular formula is C18H21N3O9S. The summed E-state index contributed by atoms with van der Waals surface area (Å²) < 4.78 is 37.0. The van der Waals surface area contributed by atoms with E-state index in [2.05, 4.69) is 9.72 Å². The number of aliphatic hydroxyl groups is 2. The Morgan fingerprint density at radius 3 is 2.61 bits per heavy atom. The number of aliphatic hydroxyl groups excluding tert-OH is 1. The smallest absolute Gasteiger partial charge is 0.306 e. The number of esters is 1. The highest BCUT2D eigenvalue weighted by Crippen LogP contribution is 2.26. The lowest BCUT2D eigenvalue weighted by atomic mass is 10.3. The molecule has 12 nitrogen and oxygen atoms in total. The van der Waals surface area contributed by atoms with Crippen LogP contribution in [0.3, 0.4) is 0 Å². The van der Waals surface area contributed by atoms with Crippen LogP contribution >= 0.6 is 0 Å². The number of nitrogens with zero attached hydrogens (tertiary/aromatic N) is 3. The van der Waals surface area contributed by atoms with Crippen LogP contribution in [0.1, 0.15) is 18.4 Å². The second-order valence-electron chi connectivity index (χ2n) is 6.09. The Morgan fingerprint density at radius 1 is 1.26 bits per heavy atom. The molecule has 0 unspecified atom stereocenters. The Bertz CT molecular complexity index is 1030. The lowest BCUT2D eigenvalue weighted by molar-refractivity contribution is -0.387. The Balaban J connectivity index is 2.23. The van der Waals surface area contributed by atoms with E-state index in [9.17, 15) is 23.3 Å². The first-order valence-electron chi connectivity index (χ1n) is 8.92. The van der Waals surface area contributed by atoms with Crippen molar-refractivity contribution in [1.82, 2.24) is 9.29 Å². The number of pyridine rings is 1.